The van der Waals surface area contributed by atoms with Crippen LogP contribution in [0.2, 0.25) is 0 Å². The molecular weight excluding hydrogens is 270 g/mol. The van der Waals surface area contributed by atoms with E-state index in [2.05, 4.69) is 15.7 Å². The van der Waals surface area contributed by atoms with Gasteiger partial charge in [-0.2, -0.15) is 0 Å². The molecule has 0 amide bonds. The second-order valence-corrected chi connectivity index (χ2v) is 5.13. The topological polar surface area (TPSA) is 132 Å². The monoisotopic (exact) mass is 287 g/mol. The van der Waals surface area contributed by atoms with E-state index in [9.17, 15) is 8.42 Å². The molecule has 0 spiro atoms. The van der Waals surface area contributed by atoms with Gasteiger partial charge >= 0.3 is 0 Å². The van der Waals surface area contributed by atoms with Crippen molar-refractivity contribution < 1.29 is 13.2 Å². The largest absolute Gasteiger partial charge is 0.383 e. The molecule has 1 rings (SSSR count). The van der Waals surface area contributed by atoms with Crippen LogP contribution >= 0.6 is 0 Å². The minimum Gasteiger partial charge on any atom is -0.383 e. The van der Waals surface area contributed by atoms with E-state index < -0.39 is 10.0 Å². The fraction of sp³-hybridized carbons (Fsp3) is 0.300. The van der Waals surface area contributed by atoms with Crippen LogP contribution in [0.15, 0.2) is 34.2 Å². The van der Waals surface area contributed by atoms with E-state index in [-0.39, 0.29) is 4.90 Å². The molecule has 0 aliphatic rings. The molecule has 9 heteroatoms. The molecule has 19 heavy (non-hydrogen) atoms. The Labute approximate surface area is 111 Å². The zero-order chi connectivity index (χ0) is 14.3. The highest BCUT2D eigenvalue weighted by molar-refractivity contribution is 7.89. The lowest BCUT2D eigenvalue weighted by Crippen LogP contribution is -2.36. The molecule has 1 aromatic carbocycles. The van der Waals surface area contributed by atoms with Gasteiger partial charge in [0.1, 0.15) is 0 Å². The standard InChI is InChI=1S/C10H17N5O3S/c1-18-6-5-13-10(15-11)14-8-3-2-4-9(7-8)19(12,16)17/h2-4,7H,5-6,11H2,1H3,(H2,12,16,17)(H2,13,14,15). The Hall–Kier alpha value is -1.68. The normalized spacial score (nSPS) is 12.3. The minimum absolute atomic E-state index is 0.00534. The number of nitrogens with two attached hydrogens (primary N) is 2. The van der Waals surface area contributed by atoms with Crippen LogP contribution in [-0.2, 0) is 14.8 Å². The van der Waals surface area contributed by atoms with Crippen LogP contribution in [0.1, 0.15) is 0 Å². The van der Waals surface area contributed by atoms with E-state index in [1.54, 1.807) is 19.2 Å². The Kier molecular flexibility index (Phi) is 5.70. The van der Waals surface area contributed by atoms with Crippen LogP contribution in [0.3, 0.4) is 0 Å². The number of primary sulfonamides is 1. The van der Waals surface area contributed by atoms with Gasteiger partial charge < -0.3 is 10.1 Å². The zero-order valence-electron chi connectivity index (χ0n) is 10.5. The van der Waals surface area contributed by atoms with Crippen molar-refractivity contribution in [3.63, 3.8) is 0 Å². The number of nitrogens with zero attached hydrogens (tertiary/aromatic N) is 1. The van der Waals surface area contributed by atoms with Crippen molar-refractivity contribution in [3.05, 3.63) is 24.3 Å². The number of hydrogen-bond donors (Lipinski definition) is 4. The van der Waals surface area contributed by atoms with Crippen LogP contribution in [0.25, 0.3) is 0 Å². The predicted octanol–water partition coefficient (Wildman–Crippen LogP) is -0.788. The molecule has 6 N–H and O–H groups in total. The fourth-order valence-corrected chi connectivity index (χ4v) is 1.82. The van der Waals surface area contributed by atoms with Gasteiger partial charge in [0.25, 0.3) is 0 Å². The number of aliphatic imine (C=N–C) groups is 1. The molecule has 0 atom stereocenters. The van der Waals surface area contributed by atoms with Gasteiger partial charge in [0.2, 0.25) is 16.0 Å². The highest BCUT2D eigenvalue weighted by Crippen LogP contribution is 2.13. The van der Waals surface area contributed by atoms with Crippen molar-refractivity contribution in [2.45, 2.75) is 4.90 Å². The summed E-state index contributed by atoms with van der Waals surface area (Å²) in [5.74, 6) is 5.59. The summed E-state index contributed by atoms with van der Waals surface area (Å²) < 4.78 is 27.3. The van der Waals surface area contributed by atoms with Gasteiger partial charge in [-0.25, -0.2) is 24.4 Å². The lowest BCUT2D eigenvalue weighted by atomic mass is 10.3. The molecule has 0 heterocycles. The van der Waals surface area contributed by atoms with Gasteiger partial charge in [0, 0.05) is 12.8 Å². The Morgan fingerprint density at radius 2 is 2.21 bits per heavy atom. The maximum absolute atomic E-state index is 11.2. The summed E-state index contributed by atoms with van der Waals surface area (Å²) in [5, 5.41) is 7.88. The van der Waals surface area contributed by atoms with E-state index in [1.807, 2.05) is 0 Å². The third-order valence-corrected chi connectivity index (χ3v) is 3.04. The second-order valence-electron chi connectivity index (χ2n) is 3.57. The lowest BCUT2D eigenvalue weighted by Gasteiger charge is -2.10. The Bertz CT molecular complexity index is 544. The smallest absolute Gasteiger partial charge is 0.238 e. The van der Waals surface area contributed by atoms with Crippen molar-refractivity contribution in [2.75, 3.05) is 25.6 Å². The van der Waals surface area contributed by atoms with Crippen LogP contribution in [0.5, 0.6) is 0 Å². The molecule has 0 aliphatic heterocycles. The number of hydrogen-bond acceptors (Lipinski definition) is 5. The summed E-state index contributed by atoms with van der Waals surface area (Å²) in [6.07, 6.45) is 0. The summed E-state index contributed by atoms with van der Waals surface area (Å²) in [6.45, 7) is 0.863. The van der Waals surface area contributed by atoms with E-state index in [0.29, 0.717) is 24.8 Å². The third-order valence-electron chi connectivity index (χ3n) is 2.13. The first kappa shape index (κ1) is 15.4. The third kappa shape index (κ3) is 5.22. The molecule has 0 aromatic heterocycles. The summed E-state index contributed by atoms with van der Waals surface area (Å²) >= 11 is 0. The Balaban J connectivity index is 2.83. The number of hydrazine groups is 1. The molecule has 0 fully saturated rings. The molecule has 0 bridgehead atoms. The number of guanidine groups is 1. The summed E-state index contributed by atoms with van der Waals surface area (Å²) in [5.41, 5.74) is 2.87. The Morgan fingerprint density at radius 1 is 1.47 bits per heavy atom. The van der Waals surface area contributed by atoms with Crippen molar-refractivity contribution in [2.24, 2.45) is 16.0 Å². The predicted molar refractivity (Wildman–Crippen MR) is 72.9 cm³/mol. The first-order chi connectivity index (χ1) is 8.97. The average Bonchev–Trinajstić information content (AvgIpc) is 2.37. The maximum Gasteiger partial charge on any atom is 0.238 e. The average molecular weight is 287 g/mol. The molecule has 0 unspecified atom stereocenters. The molecular formula is C10H17N5O3S. The maximum atomic E-state index is 11.2. The number of benzene rings is 1. The molecule has 0 aliphatic carbocycles. The number of rotatable bonds is 5. The Morgan fingerprint density at radius 3 is 2.79 bits per heavy atom. The van der Waals surface area contributed by atoms with Crippen LogP contribution in [0, 0.1) is 0 Å². The zero-order valence-corrected chi connectivity index (χ0v) is 11.3. The fourth-order valence-electron chi connectivity index (χ4n) is 1.26. The number of anilines is 1. The van der Waals surface area contributed by atoms with Crippen molar-refractivity contribution in [1.82, 2.24) is 5.43 Å². The van der Waals surface area contributed by atoms with E-state index in [1.165, 1.54) is 12.1 Å². The number of ether oxygens (including phenoxy) is 1. The van der Waals surface area contributed by atoms with Crippen LogP contribution in [0.4, 0.5) is 5.69 Å². The number of methoxy groups -OCH3 is 1. The molecule has 1 aromatic rings. The van der Waals surface area contributed by atoms with Gasteiger partial charge in [-0.1, -0.05) is 6.07 Å². The quantitative estimate of drug-likeness (QED) is 0.184. The van der Waals surface area contributed by atoms with E-state index >= 15 is 0 Å². The molecule has 8 nitrogen and oxygen atoms in total. The van der Waals surface area contributed by atoms with Crippen molar-refractivity contribution in [1.29, 1.82) is 0 Å². The van der Waals surface area contributed by atoms with E-state index in [4.69, 9.17) is 15.7 Å². The summed E-state index contributed by atoms with van der Waals surface area (Å²) in [7, 11) is -2.18. The second kappa shape index (κ2) is 7.04. The van der Waals surface area contributed by atoms with Crippen LogP contribution in [-0.4, -0.2) is 34.6 Å². The molecule has 0 saturated heterocycles. The molecule has 0 saturated carbocycles. The number of nitrogens with one attached hydrogen (secondary N) is 2. The van der Waals surface area contributed by atoms with Gasteiger partial charge in [0.05, 0.1) is 18.0 Å². The number of sulfonamides is 1. The molecule has 106 valence electrons. The lowest BCUT2D eigenvalue weighted by molar-refractivity contribution is 0.208. The van der Waals surface area contributed by atoms with Crippen LogP contribution < -0.4 is 21.7 Å². The van der Waals surface area contributed by atoms with Gasteiger partial charge in [-0.3, -0.25) is 5.43 Å². The first-order valence-electron chi connectivity index (χ1n) is 5.37. The van der Waals surface area contributed by atoms with Crippen molar-refractivity contribution >= 4 is 21.7 Å². The minimum atomic E-state index is -3.74. The van der Waals surface area contributed by atoms with Crippen molar-refractivity contribution in [3.8, 4) is 0 Å². The molecule has 0 radical (unpaired) electrons. The van der Waals surface area contributed by atoms with Gasteiger partial charge in [-0.05, 0) is 18.2 Å². The van der Waals surface area contributed by atoms with Gasteiger partial charge in [0.15, 0.2) is 0 Å². The summed E-state index contributed by atoms with van der Waals surface area (Å²) in [6, 6.07) is 6.01. The first-order valence-corrected chi connectivity index (χ1v) is 6.92. The van der Waals surface area contributed by atoms with E-state index in [0.717, 1.165) is 0 Å². The highest BCUT2D eigenvalue weighted by Gasteiger charge is 2.08. The van der Waals surface area contributed by atoms with Gasteiger partial charge in [-0.15, -0.1) is 0 Å². The highest BCUT2D eigenvalue weighted by atomic mass is 32.2. The summed E-state index contributed by atoms with van der Waals surface area (Å²) in [4.78, 5) is 4.09. The SMILES string of the molecule is COCCN=C(NN)Nc1cccc(S(N)(=O)=O)c1.